The molecule has 0 bridgehead atoms. The first kappa shape index (κ1) is 11.1. The van der Waals surface area contributed by atoms with Crippen LogP contribution in [0, 0.1) is 5.92 Å². The zero-order valence-electron chi connectivity index (χ0n) is 8.22. The molecule has 1 unspecified atom stereocenters. The highest BCUT2D eigenvalue weighted by molar-refractivity contribution is 5.83. The first-order valence-corrected chi connectivity index (χ1v) is 4.82. The second kappa shape index (κ2) is 4.07. The van der Waals surface area contributed by atoms with Crippen LogP contribution < -0.4 is 5.32 Å². The fourth-order valence-corrected chi connectivity index (χ4v) is 1.34. The summed E-state index contributed by atoms with van der Waals surface area (Å²) in [5, 5.41) is 2.55. The minimum absolute atomic E-state index is 0.177. The van der Waals surface area contributed by atoms with E-state index in [0.717, 1.165) is 12.8 Å². The molecule has 0 radical (unpaired) electrons. The maximum absolute atomic E-state index is 12.5. The van der Waals surface area contributed by atoms with E-state index >= 15 is 0 Å². The van der Waals surface area contributed by atoms with Crippen LogP contribution in [0.15, 0.2) is 12.7 Å². The lowest BCUT2D eigenvalue weighted by atomic mass is 10.1. The number of carbonyl (C=O) groups excluding carboxylic acids is 1. The van der Waals surface area contributed by atoms with Crippen LogP contribution in [0.4, 0.5) is 8.78 Å². The monoisotopic (exact) mass is 203 g/mol. The predicted molar refractivity (Wildman–Crippen MR) is 50.1 cm³/mol. The first-order chi connectivity index (χ1) is 6.51. The summed E-state index contributed by atoms with van der Waals surface area (Å²) in [6, 6.07) is -0.177. The van der Waals surface area contributed by atoms with E-state index in [4.69, 9.17) is 0 Å². The minimum atomic E-state index is -2.78. The fraction of sp³-hybridized carbons (Fsp3) is 0.700. The Kier molecular flexibility index (Phi) is 3.24. The minimum Gasteiger partial charge on any atom is -0.349 e. The van der Waals surface area contributed by atoms with E-state index in [2.05, 4.69) is 11.9 Å². The van der Waals surface area contributed by atoms with Gasteiger partial charge in [0.05, 0.1) is 0 Å². The average Bonchev–Trinajstić information content (AvgIpc) is 2.74. The predicted octanol–water partition coefficient (Wildman–Crippen LogP) is 2.11. The van der Waals surface area contributed by atoms with Gasteiger partial charge in [0.25, 0.3) is 5.92 Å². The molecule has 80 valence electrons. The molecule has 0 saturated heterocycles. The van der Waals surface area contributed by atoms with Crippen molar-refractivity contribution >= 4 is 5.91 Å². The number of rotatable bonds is 5. The van der Waals surface area contributed by atoms with E-state index in [1.165, 1.54) is 0 Å². The van der Waals surface area contributed by atoms with Crippen LogP contribution in [0.5, 0.6) is 0 Å². The van der Waals surface area contributed by atoms with Crippen molar-refractivity contribution in [2.24, 2.45) is 5.92 Å². The summed E-state index contributed by atoms with van der Waals surface area (Å²) in [5.41, 5.74) is 0. The van der Waals surface area contributed by atoms with Gasteiger partial charge in [-0.25, -0.2) is 8.78 Å². The Bertz CT molecular complexity index is 240. The van der Waals surface area contributed by atoms with Crippen LogP contribution in [-0.2, 0) is 4.79 Å². The van der Waals surface area contributed by atoms with Gasteiger partial charge in [-0.1, -0.05) is 19.4 Å². The van der Waals surface area contributed by atoms with E-state index < -0.39 is 17.7 Å². The molecule has 0 aromatic heterocycles. The molecule has 1 aliphatic carbocycles. The van der Waals surface area contributed by atoms with Crippen LogP contribution in [0.3, 0.4) is 0 Å². The Labute approximate surface area is 82.4 Å². The lowest BCUT2D eigenvalue weighted by molar-refractivity contribution is -0.124. The van der Waals surface area contributed by atoms with Gasteiger partial charge in [-0.3, -0.25) is 4.79 Å². The van der Waals surface area contributed by atoms with Gasteiger partial charge in [0, 0.05) is 12.5 Å². The van der Waals surface area contributed by atoms with Crippen molar-refractivity contribution in [3.05, 3.63) is 12.7 Å². The summed E-state index contributed by atoms with van der Waals surface area (Å²) in [6.07, 6.45) is 2.91. The number of amides is 1. The Balaban J connectivity index is 2.36. The van der Waals surface area contributed by atoms with Gasteiger partial charge in [0.1, 0.15) is 5.92 Å². The van der Waals surface area contributed by atoms with Crippen LogP contribution in [0.1, 0.15) is 26.2 Å². The molecular formula is C10H15F2NO. The smallest absolute Gasteiger partial charge is 0.260 e. The van der Waals surface area contributed by atoms with E-state index in [0.29, 0.717) is 0 Å². The largest absolute Gasteiger partial charge is 0.349 e. The zero-order valence-corrected chi connectivity index (χ0v) is 8.22. The molecule has 1 saturated carbocycles. The maximum Gasteiger partial charge on any atom is 0.260 e. The lowest BCUT2D eigenvalue weighted by Gasteiger charge is -2.13. The molecule has 2 atom stereocenters. The number of hydrogen-bond acceptors (Lipinski definition) is 1. The molecule has 4 heteroatoms. The molecule has 0 aliphatic heterocycles. The van der Waals surface area contributed by atoms with Crippen LogP contribution in [-0.4, -0.2) is 17.9 Å². The van der Waals surface area contributed by atoms with E-state index in [1.54, 1.807) is 6.08 Å². The Morgan fingerprint density at radius 2 is 2.36 bits per heavy atom. The Morgan fingerprint density at radius 1 is 1.79 bits per heavy atom. The summed E-state index contributed by atoms with van der Waals surface area (Å²) < 4.78 is 25.0. The standard InChI is InChI=1S/C10H15F2NO/c1-3-5-7(4-2)13-9(14)8-6-10(8,11)12/h4,7-8H,2-3,5-6H2,1H3,(H,13,14)/t7?,8-/m0/s1. The maximum atomic E-state index is 12.5. The van der Waals surface area contributed by atoms with Crippen LogP contribution >= 0.6 is 0 Å². The van der Waals surface area contributed by atoms with Crippen molar-refractivity contribution in [2.75, 3.05) is 0 Å². The van der Waals surface area contributed by atoms with Gasteiger partial charge in [-0.15, -0.1) is 6.58 Å². The third kappa shape index (κ3) is 2.53. The van der Waals surface area contributed by atoms with Crippen molar-refractivity contribution in [3.8, 4) is 0 Å². The highest BCUT2D eigenvalue weighted by Gasteiger charge is 2.61. The quantitative estimate of drug-likeness (QED) is 0.681. The van der Waals surface area contributed by atoms with Gasteiger partial charge in [-0.2, -0.15) is 0 Å². The molecule has 2 nitrogen and oxygen atoms in total. The molecule has 0 aromatic carbocycles. The number of carbonyl (C=O) groups is 1. The molecule has 1 rings (SSSR count). The average molecular weight is 203 g/mol. The summed E-state index contributed by atoms with van der Waals surface area (Å²) in [6.45, 7) is 5.51. The number of alkyl halides is 2. The number of hydrogen-bond donors (Lipinski definition) is 1. The van der Waals surface area contributed by atoms with Crippen molar-refractivity contribution in [3.63, 3.8) is 0 Å². The Hall–Kier alpha value is -0.930. The molecule has 0 aromatic rings. The van der Waals surface area contributed by atoms with Crippen molar-refractivity contribution in [2.45, 2.75) is 38.2 Å². The highest BCUT2D eigenvalue weighted by atomic mass is 19.3. The van der Waals surface area contributed by atoms with Crippen molar-refractivity contribution < 1.29 is 13.6 Å². The molecule has 1 aliphatic rings. The van der Waals surface area contributed by atoms with Gasteiger partial charge >= 0.3 is 0 Å². The van der Waals surface area contributed by atoms with Crippen LogP contribution in [0.2, 0.25) is 0 Å². The molecule has 1 amide bonds. The molecule has 1 N–H and O–H groups in total. The van der Waals surface area contributed by atoms with Crippen molar-refractivity contribution in [1.29, 1.82) is 0 Å². The van der Waals surface area contributed by atoms with Crippen molar-refractivity contribution in [1.82, 2.24) is 5.32 Å². The molecule has 0 spiro atoms. The third-order valence-electron chi connectivity index (χ3n) is 2.35. The van der Waals surface area contributed by atoms with Gasteiger partial charge in [-0.05, 0) is 6.42 Å². The zero-order chi connectivity index (χ0) is 10.8. The summed E-state index contributed by atoms with van der Waals surface area (Å²) >= 11 is 0. The lowest BCUT2D eigenvalue weighted by Crippen LogP contribution is -2.35. The second-order valence-corrected chi connectivity index (χ2v) is 3.66. The van der Waals surface area contributed by atoms with Gasteiger partial charge in [0.2, 0.25) is 5.91 Å². The topological polar surface area (TPSA) is 29.1 Å². The van der Waals surface area contributed by atoms with Gasteiger partial charge in [0.15, 0.2) is 0 Å². The second-order valence-electron chi connectivity index (χ2n) is 3.66. The summed E-state index contributed by atoms with van der Waals surface area (Å²) in [5.74, 6) is -4.43. The number of nitrogens with one attached hydrogen (secondary N) is 1. The van der Waals surface area contributed by atoms with Gasteiger partial charge < -0.3 is 5.32 Å². The fourth-order valence-electron chi connectivity index (χ4n) is 1.34. The summed E-state index contributed by atoms with van der Waals surface area (Å²) in [4.78, 5) is 11.2. The summed E-state index contributed by atoms with van der Waals surface area (Å²) in [7, 11) is 0. The number of halogens is 2. The first-order valence-electron chi connectivity index (χ1n) is 4.82. The van der Waals surface area contributed by atoms with E-state index in [-0.39, 0.29) is 12.5 Å². The van der Waals surface area contributed by atoms with E-state index in [9.17, 15) is 13.6 Å². The SMILES string of the molecule is C=CC(CCC)NC(=O)[C@@H]1CC1(F)F. The highest BCUT2D eigenvalue weighted by Crippen LogP contribution is 2.48. The normalized spacial score (nSPS) is 25.2. The Morgan fingerprint density at radius 3 is 2.71 bits per heavy atom. The van der Waals surface area contributed by atoms with Crippen LogP contribution in [0.25, 0.3) is 0 Å². The molecule has 14 heavy (non-hydrogen) atoms. The third-order valence-corrected chi connectivity index (χ3v) is 2.35. The molecule has 1 fully saturated rings. The molecule has 0 heterocycles. The van der Waals surface area contributed by atoms with E-state index in [1.807, 2.05) is 6.92 Å². The molecular weight excluding hydrogens is 188 g/mol.